The maximum absolute atomic E-state index is 12.3. The number of piperidine rings is 1. The van der Waals surface area contributed by atoms with Gasteiger partial charge in [0.2, 0.25) is 5.91 Å². The molecule has 1 aromatic rings. The Bertz CT molecular complexity index is 445. The van der Waals surface area contributed by atoms with Gasteiger partial charge in [0, 0.05) is 32.5 Å². The van der Waals surface area contributed by atoms with E-state index in [2.05, 4.69) is 17.1 Å². The van der Waals surface area contributed by atoms with Crippen LogP contribution in [0.5, 0.6) is 0 Å². The SMILES string of the molecule is CC(CN)CCC(=O)N1CCCC(c2nncn2C)C1. The summed E-state index contributed by atoms with van der Waals surface area (Å²) in [5.74, 6) is 1.96. The summed E-state index contributed by atoms with van der Waals surface area (Å²) in [5, 5.41) is 8.11. The molecule has 6 heteroatoms. The molecule has 6 nitrogen and oxygen atoms in total. The molecule has 0 radical (unpaired) electrons. The van der Waals surface area contributed by atoms with Crippen molar-refractivity contribution in [1.82, 2.24) is 19.7 Å². The highest BCUT2D eigenvalue weighted by Gasteiger charge is 2.27. The summed E-state index contributed by atoms with van der Waals surface area (Å²) >= 11 is 0. The fraction of sp³-hybridized carbons (Fsp3) is 0.786. The van der Waals surface area contributed by atoms with Crippen molar-refractivity contribution in [1.29, 1.82) is 0 Å². The summed E-state index contributed by atoms with van der Waals surface area (Å²) in [6.45, 7) is 4.37. The van der Waals surface area contributed by atoms with Gasteiger partial charge < -0.3 is 15.2 Å². The minimum absolute atomic E-state index is 0.247. The molecule has 1 aliphatic rings. The lowest BCUT2D eigenvalue weighted by Gasteiger charge is -2.32. The molecule has 1 fully saturated rings. The van der Waals surface area contributed by atoms with Crippen molar-refractivity contribution in [3.8, 4) is 0 Å². The van der Waals surface area contributed by atoms with Crippen LogP contribution in [0.4, 0.5) is 0 Å². The number of nitrogens with two attached hydrogens (primary N) is 1. The Morgan fingerprint density at radius 2 is 2.40 bits per heavy atom. The molecular weight excluding hydrogens is 254 g/mol. The van der Waals surface area contributed by atoms with Crippen LogP contribution in [0.25, 0.3) is 0 Å². The van der Waals surface area contributed by atoms with Crippen LogP contribution in [0.15, 0.2) is 6.33 Å². The molecule has 2 unspecified atom stereocenters. The van der Waals surface area contributed by atoms with E-state index < -0.39 is 0 Å². The monoisotopic (exact) mass is 279 g/mol. The average Bonchev–Trinajstić information content (AvgIpc) is 2.90. The highest BCUT2D eigenvalue weighted by molar-refractivity contribution is 5.76. The Labute approximate surface area is 120 Å². The zero-order valence-corrected chi connectivity index (χ0v) is 12.5. The number of hydrogen-bond donors (Lipinski definition) is 1. The van der Waals surface area contributed by atoms with Crippen LogP contribution >= 0.6 is 0 Å². The number of nitrogens with zero attached hydrogens (tertiary/aromatic N) is 4. The first kappa shape index (κ1) is 15.0. The van der Waals surface area contributed by atoms with Gasteiger partial charge in [-0.3, -0.25) is 4.79 Å². The molecule has 2 N–H and O–H groups in total. The van der Waals surface area contributed by atoms with Crippen molar-refractivity contribution in [2.24, 2.45) is 18.7 Å². The third-order valence-corrected chi connectivity index (χ3v) is 4.14. The van der Waals surface area contributed by atoms with Crippen molar-refractivity contribution in [2.75, 3.05) is 19.6 Å². The molecular formula is C14H25N5O. The van der Waals surface area contributed by atoms with E-state index in [0.29, 0.717) is 24.8 Å². The zero-order chi connectivity index (χ0) is 14.5. The Morgan fingerprint density at radius 1 is 1.60 bits per heavy atom. The average molecular weight is 279 g/mol. The summed E-state index contributed by atoms with van der Waals surface area (Å²) in [7, 11) is 1.96. The zero-order valence-electron chi connectivity index (χ0n) is 12.5. The van der Waals surface area contributed by atoms with Crippen LogP contribution in [-0.2, 0) is 11.8 Å². The first-order valence-electron chi connectivity index (χ1n) is 7.43. The van der Waals surface area contributed by atoms with Gasteiger partial charge in [0.15, 0.2) is 0 Å². The van der Waals surface area contributed by atoms with E-state index in [0.717, 1.165) is 38.2 Å². The Hall–Kier alpha value is -1.43. The summed E-state index contributed by atoms with van der Waals surface area (Å²) in [6.07, 6.45) is 5.31. The molecule has 0 bridgehead atoms. The minimum atomic E-state index is 0.247. The number of carbonyl (C=O) groups excluding carboxylic acids is 1. The largest absolute Gasteiger partial charge is 0.342 e. The number of carbonyl (C=O) groups is 1. The van der Waals surface area contributed by atoms with Crippen LogP contribution in [0.1, 0.15) is 44.3 Å². The molecule has 0 saturated carbocycles. The van der Waals surface area contributed by atoms with Gasteiger partial charge in [0.25, 0.3) is 0 Å². The van der Waals surface area contributed by atoms with Gasteiger partial charge >= 0.3 is 0 Å². The highest BCUT2D eigenvalue weighted by atomic mass is 16.2. The van der Waals surface area contributed by atoms with Crippen LogP contribution in [0.2, 0.25) is 0 Å². The molecule has 1 aliphatic heterocycles. The van der Waals surface area contributed by atoms with Crippen molar-refractivity contribution in [3.05, 3.63) is 12.2 Å². The summed E-state index contributed by atoms with van der Waals surface area (Å²) in [4.78, 5) is 14.2. The van der Waals surface area contributed by atoms with Crippen LogP contribution in [-0.4, -0.2) is 45.2 Å². The molecule has 2 rings (SSSR count). The van der Waals surface area contributed by atoms with Gasteiger partial charge in [0.05, 0.1) is 0 Å². The van der Waals surface area contributed by atoms with E-state index in [9.17, 15) is 4.79 Å². The van der Waals surface area contributed by atoms with E-state index in [1.807, 2.05) is 16.5 Å². The fourth-order valence-electron chi connectivity index (χ4n) is 2.72. The molecule has 0 aliphatic carbocycles. The van der Waals surface area contributed by atoms with Crippen LogP contribution in [0, 0.1) is 5.92 Å². The first-order chi connectivity index (χ1) is 9.61. The van der Waals surface area contributed by atoms with Gasteiger partial charge in [-0.2, -0.15) is 0 Å². The van der Waals surface area contributed by atoms with Crippen molar-refractivity contribution in [3.63, 3.8) is 0 Å². The first-order valence-corrected chi connectivity index (χ1v) is 7.43. The van der Waals surface area contributed by atoms with Gasteiger partial charge in [-0.15, -0.1) is 10.2 Å². The predicted octanol–water partition coefficient (Wildman–Crippen LogP) is 0.896. The molecule has 2 atom stereocenters. The van der Waals surface area contributed by atoms with Gasteiger partial charge in [-0.25, -0.2) is 0 Å². The maximum Gasteiger partial charge on any atom is 0.222 e. The standard InChI is InChI=1S/C14H25N5O/c1-11(8-15)5-6-13(20)19-7-3-4-12(9-19)14-17-16-10-18(14)2/h10-12H,3-9,15H2,1-2H3. The smallest absolute Gasteiger partial charge is 0.222 e. The number of likely N-dealkylation sites (tertiary alicyclic amines) is 1. The second kappa shape index (κ2) is 6.83. The lowest BCUT2D eigenvalue weighted by atomic mass is 9.96. The van der Waals surface area contributed by atoms with Gasteiger partial charge in [-0.1, -0.05) is 6.92 Å². The predicted molar refractivity (Wildman–Crippen MR) is 77.0 cm³/mol. The molecule has 20 heavy (non-hydrogen) atoms. The summed E-state index contributed by atoms with van der Waals surface area (Å²) in [6, 6.07) is 0. The second-order valence-electron chi connectivity index (χ2n) is 5.86. The van der Waals surface area contributed by atoms with Gasteiger partial charge in [0.1, 0.15) is 12.2 Å². The van der Waals surface area contributed by atoms with Crippen molar-refractivity contribution >= 4 is 5.91 Å². The lowest BCUT2D eigenvalue weighted by Crippen LogP contribution is -2.39. The fourth-order valence-corrected chi connectivity index (χ4v) is 2.72. The Morgan fingerprint density at radius 3 is 3.05 bits per heavy atom. The minimum Gasteiger partial charge on any atom is -0.342 e. The molecule has 1 amide bonds. The van der Waals surface area contributed by atoms with Crippen molar-refractivity contribution < 1.29 is 4.79 Å². The number of hydrogen-bond acceptors (Lipinski definition) is 4. The number of rotatable bonds is 5. The highest BCUT2D eigenvalue weighted by Crippen LogP contribution is 2.25. The second-order valence-corrected chi connectivity index (χ2v) is 5.86. The van der Waals surface area contributed by atoms with Crippen LogP contribution < -0.4 is 5.73 Å². The molecule has 1 aromatic heterocycles. The summed E-state index contributed by atoms with van der Waals surface area (Å²) in [5.41, 5.74) is 5.60. The molecule has 112 valence electrons. The van der Waals surface area contributed by atoms with E-state index in [1.54, 1.807) is 6.33 Å². The van der Waals surface area contributed by atoms with E-state index in [1.165, 1.54) is 0 Å². The van der Waals surface area contributed by atoms with E-state index in [-0.39, 0.29) is 5.91 Å². The number of amides is 1. The molecule has 1 saturated heterocycles. The van der Waals surface area contributed by atoms with Gasteiger partial charge in [-0.05, 0) is 31.7 Å². The quantitative estimate of drug-likeness (QED) is 0.868. The maximum atomic E-state index is 12.3. The molecule has 0 aromatic carbocycles. The normalized spacial score (nSPS) is 20.9. The lowest BCUT2D eigenvalue weighted by molar-refractivity contribution is -0.132. The molecule has 2 heterocycles. The Kier molecular flexibility index (Phi) is 5.11. The van der Waals surface area contributed by atoms with E-state index >= 15 is 0 Å². The number of aromatic nitrogens is 3. The third kappa shape index (κ3) is 3.56. The van der Waals surface area contributed by atoms with Crippen LogP contribution in [0.3, 0.4) is 0 Å². The topological polar surface area (TPSA) is 77.0 Å². The van der Waals surface area contributed by atoms with Crippen molar-refractivity contribution in [2.45, 2.75) is 38.5 Å². The number of aryl methyl sites for hydroxylation is 1. The summed E-state index contributed by atoms with van der Waals surface area (Å²) < 4.78 is 1.95. The third-order valence-electron chi connectivity index (χ3n) is 4.14. The van der Waals surface area contributed by atoms with E-state index in [4.69, 9.17) is 5.73 Å². The molecule has 0 spiro atoms. The Balaban J connectivity index is 1.90.